The Hall–Kier alpha value is -3.71. The van der Waals surface area contributed by atoms with Crippen LogP contribution in [0.3, 0.4) is 0 Å². The molecule has 0 radical (unpaired) electrons. The molecule has 2 atom stereocenters. The van der Waals surface area contributed by atoms with Crippen LogP contribution in [0.5, 0.6) is 5.75 Å². The zero-order chi connectivity index (χ0) is 24.5. The molecule has 36 heavy (non-hydrogen) atoms. The van der Waals surface area contributed by atoms with Gasteiger partial charge in [0.1, 0.15) is 29.1 Å². The van der Waals surface area contributed by atoms with Crippen LogP contribution in [0.2, 0.25) is 0 Å². The summed E-state index contributed by atoms with van der Waals surface area (Å²) in [5.74, 6) is 2.00. The summed E-state index contributed by atoms with van der Waals surface area (Å²) in [5.41, 5.74) is 2.62. The van der Waals surface area contributed by atoms with E-state index < -0.39 is 0 Å². The summed E-state index contributed by atoms with van der Waals surface area (Å²) in [6, 6.07) is 23.6. The van der Waals surface area contributed by atoms with Crippen molar-refractivity contribution in [1.82, 2.24) is 10.3 Å². The van der Waals surface area contributed by atoms with Crippen molar-refractivity contribution in [2.75, 3.05) is 4.90 Å². The van der Waals surface area contributed by atoms with Crippen LogP contribution in [-0.4, -0.2) is 16.2 Å². The molecule has 0 spiro atoms. The number of pyridine rings is 1. The van der Waals surface area contributed by atoms with E-state index in [0.29, 0.717) is 17.0 Å². The minimum Gasteiger partial charge on any atom is -0.490 e. The van der Waals surface area contributed by atoms with E-state index in [4.69, 9.17) is 21.4 Å². The second-order valence-corrected chi connectivity index (χ2v) is 9.61. The fraction of sp³-hybridized carbons (Fsp3) is 0.241. The van der Waals surface area contributed by atoms with Gasteiger partial charge < -0.3 is 19.4 Å². The number of thiocarbonyl (C=S) groups is 1. The highest BCUT2D eigenvalue weighted by atomic mass is 32.1. The Kier molecular flexibility index (Phi) is 6.15. The van der Waals surface area contributed by atoms with Crippen LogP contribution in [0.15, 0.2) is 89.5 Å². The quantitative estimate of drug-likeness (QED) is 0.289. The number of ether oxygens (including phenoxy) is 1. The predicted octanol–water partition coefficient (Wildman–Crippen LogP) is 6.98. The Morgan fingerprint density at radius 1 is 0.944 bits per heavy atom. The number of nitrogens with one attached hydrogen (secondary N) is 1. The van der Waals surface area contributed by atoms with E-state index in [1.807, 2.05) is 54.6 Å². The summed E-state index contributed by atoms with van der Waals surface area (Å²) in [6.45, 7) is 0. The molecule has 1 aliphatic carbocycles. The molecular formula is C29H26FN3O2S. The van der Waals surface area contributed by atoms with Crippen molar-refractivity contribution in [1.29, 1.82) is 0 Å². The Morgan fingerprint density at radius 3 is 2.44 bits per heavy atom. The van der Waals surface area contributed by atoms with Crippen LogP contribution >= 0.6 is 12.2 Å². The van der Waals surface area contributed by atoms with Crippen LogP contribution in [-0.2, 0) is 0 Å². The zero-order valence-electron chi connectivity index (χ0n) is 19.6. The molecule has 1 N–H and O–H groups in total. The third-order valence-corrected chi connectivity index (χ3v) is 7.18. The zero-order valence-corrected chi connectivity index (χ0v) is 20.5. The molecule has 3 heterocycles. The highest BCUT2D eigenvalue weighted by molar-refractivity contribution is 7.80. The Balaban J connectivity index is 1.34. The number of benzene rings is 2. The van der Waals surface area contributed by atoms with Gasteiger partial charge in [0.15, 0.2) is 5.11 Å². The SMILES string of the molecule is Fc1ccc(-c2ccc(C3C(c4ccccn4)NC(=S)N3c3ccc(OC4CCCC4)cc3)o2)cc1. The molecule has 182 valence electrons. The van der Waals surface area contributed by atoms with E-state index in [2.05, 4.69) is 15.2 Å². The van der Waals surface area contributed by atoms with Gasteiger partial charge in [-0.05, 0) is 111 Å². The molecule has 1 saturated carbocycles. The number of furan rings is 1. The minimum atomic E-state index is -0.280. The molecule has 6 rings (SSSR count). The third kappa shape index (κ3) is 4.46. The van der Waals surface area contributed by atoms with E-state index in [1.54, 1.807) is 18.3 Å². The first-order valence-corrected chi connectivity index (χ1v) is 12.7. The summed E-state index contributed by atoms with van der Waals surface area (Å²) < 4.78 is 25.9. The van der Waals surface area contributed by atoms with Gasteiger partial charge in [0.25, 0.3) is 0 Å². The largest absolute Gasteiger partial charge is 0.490 e. The normalized spacial score (nSPS) is 20.0. The van der Waals surface area contributed by atoms with Crippen LogP contribution in [0.1, 0.15) is 49.2 Å². The first-order valence-electron chi connectivity index (χ1n) is 12.3. The van der Waals surface area contributed by atoms with Gasteiger partial charge in [-0.15, -0.1) is 0 Å². The van der Waals surface area contributed by atoms with Gasteiger partial charge in [-0.1, -0.05) is 6.07 Å². The first-order chi connectivity index (χ1) is 17.7. The van der Waals surface area contributed by atoms with Crippen molar-refractivity contribution in [3.63, 3.8) is 0 Å². The van der Waals surface area contributed by atoms with Gasteiger partial charge >= 0.3 is 0 Å². The lowest BCUT2D eigenvalue weighted by molar-refractivity contribution is 0.210. The summed E-state index contributed by atoms with van der Waals surface area (Å²) in [5, 5.41) is 4.05. The van der Waals surface area contributed by atoms with E-state index in [1.165, 1.54) is 25.0 Å². The van der Waals surface area contributed by atoms with Gasteiger partial charge in [0, 0.05) is 17.4 Å². The number of halogens is 1. The van der Waals surface area contributed by atoms with Crippen LogP contribution in [0, 0.1) is 5.82 Å². The number of nitrogens with zero attached hydrogens (tertiary/aromatic N) is 2. The van der Waals surface area contributed by atoms with Gasteiger partial charge in [-0.2, -0.15) is 0 Å². The molecule has 2 aromatic carbocycles. The average molecular weight is 500 g/mol. The molecule has 1 aliphatic heterocycles. The molecule has 2 unspecified atom stereocenters. The lowest BCUT2D eigenvalue weighted by Gasteiger charge is -2.26. The Labute approximate surface area is 214 Å². The second kappa shape index (κ2) is 9.74. The van der Waals surface area contributed by atoms with Crippen molar-refractivity contribution in [2.45, 2.75) is 43.9 Å². The summed E-state index contributed by atoms with van der Waals surface area (Å²) in [6.07, 6.45) is 6.78. The number of hydrogen-bond acceptors (Lipinski definition) is 4. The van der Waals surface area contributed by atoms with Crippen molar-refractivity contribution >= 4 is 23.0 Å². The molecular weight excluding hydrogens is 473 g/mol. The molecule has 1 saturated heterocycles. The monoisotopic (exact) mass is 499 g/mol. The third-order valence-electron chi connectivity index (χ3n) is 6.86. The standard InChI is InChI=1S/C29H26FN3O2S/c30-20-10-8-19(9-11-20)25-16-17-26(35-25)28-27(24-7-3-4-18-31-24)32-29(36)33(28)21-12-14-23(15-13-21)34-22-5-1-2-6-22/h3-4,7-18,22,27-28H,1-2,5-6H2,(H,32,36). The van der Waals surface area contributed by atoms with E-state index in [9.17, 15) is 4.39 Å². The first kappa shape index (κ1) is 22.7. The maximum atomic E-state index is 13.4. The van der Waals surface area contributed by atoms with Crippen LogP contribution < -0.4 is 15.0 Å². The number of hydrogen-bond donors (Lipinski definition) is 1. The smallest absolute Gasteiger partial charge is 0.174 e. The van der Waals surface area contributed by atoms with Crippen LogP contribution in [0.25, 0.3) is 11.3 Å². The highest BCUT2D eigenvalue weighted by Gasteiger charge is 2.42. The summed E-state index contributed by atoms with van der Waals surface area (Å²) >= 11 is 5.81. The van der Waals surface area contributed by atoms with Crippen molar-refractivity contribution in [3.8, 4) is 17.1 Å². The fourth-order valence-electron chi connectivity index (χ4n) is 5.09. The lowest BCUT2D eigenvalue weighted by Crippen LogP contribution is -2.29. The van der Waals surface area contributed by atoms with Crippen molar-refractivity contribution in [2.24, 2.45) is 0 Å². The maximum Gasteiger partial charge on any atom is 0.174 e. The van der Waals surface area contributed by atoms with Crippen molar-refractivity contribution in [3.05, 3.63) is 102 Å². The molecule has 2 aromatic heterocycles. The molecule has 2 fully saturated rings. The van der Waals surface area contributed by atoms with E-state index in [-0.39, 0.29) is 17.9 Å². The summed E-state index contributed by atoms with van der Waals surface area (Å²) in [4.78, 5) is 6.66. The molecule has 0 amide bonds. The van der Waals surface area contributed by atoms with Gasteiger partial charge in [-0.25, -0.2) is 4.39 Å². The number of aromatic nitrogens is 1. The number of anilines is 1. The van der Waals surface area contributed by atoms with Gasteiger partial charge in [-0.3, -0.25) is 4.98 Å². The summed E-state index contributed by atoms with van der Waals surface area (Å²) in [7, 11) is 0. The predicted molar refractivity (Wildman–Crippen MR) is 141 cm³/mol. The van der Waals surface area contributed by atoms with E-state index in [0.717, 1.165) is 41.3 Å². The topological polar surface area (TPSA) is 50.5 Å². The highest BCUT2D eigenvalue weighted by Crippen LogP contribution is 2.43. The molecule has 2 aliphatic rings. The van der Waals surface area contributed by atoms with Gasteiger partial charge in [0.05, 0.1) is 17.8 Å². The Morgan fingerprint density at radius 2 is 1.72 bits per heavy atom. The lowest BCUT2D eigenvalue weighted by atomic mass is 10.0. The van der Waals surface area contributed by atoms with Crippen LogP contribution in [0.4, 0.5) is 10.1 Å². The molecule has 0 bridgehead atoms. The van der Waals surface area contributed by atoms with E-state index >= 15 is 0 Å². The number of rotatable bonds is 6. The maximum absolute atomic E-state index is 13.4. The molecule has 5 nitrogen and oxygen atoms in total. The molecule has 7 heteroatoms. The minimum absolute atomic E-state index is 0.208. The molecule has 4 aromatic rings. The second-order valence-electron chi connectivity index (χ2n) is 9.22. The van der Waals surface area contributed by atoms with Crippen molar-refractivity contribution < 1.29 is 13.5 Å². The van der Waals surface area contributed by atoms with Gasteiger partial charge in [0.2, 0.25) is 0 Å². The Bertz CT molecular complexity index is 1340. The fourth-order valence-corrected chi connectivity index (χ4v) is 5.43. The average Bonchev–Trinajstić information content (AvgIpc) is 3.66.